The molecule has 3 aliphatic heterocycles. The lowest BCUT2D eigenvalue weighted by Crippen LogP contribution is -2.38. The van der Waals surface area contributed by atoms with E-state index < -0.39 is 29.3 Å². The monoisotopic (exact) mass is 368 g/mol. The summed E-state index contributed by atoms with van der Waals surface area (Å²) in [7, 11) is 0. The van der Waals surface area contributed by atoms with Gasteiger partial charge in [-0.25, -0.2) is 9.69 Å². The second-order valence-electron chi connectivity index (χ2n) is 7.17. The van der Waals surface area contributed by atoms with Gasteiger partial charge in [0.2, 0.25) is 11.8 Å². The fourth-order valence-corrected chi connectivity index (χ4v) is 4.22. The van der Waals surface area contributed by atoms with Crippen molar-refractivity contribution in [2.75, 3.05) is 18.0 Å². The SMILES string of the molecule is O=C(O)/C(=C\c1cc2c3c(c1)CCCN3CCC2)C(=O)N1C(=O)CCC1=O. The fraction of sp³-hybridized carbons (Fsp3) is 0.400. The van der Waals surface area contributed by atoms with Crippen molar-refractivity contribution in [2.24, 2.45) is 0 Å². The number of hydrogen-bond acceptors (Lipinski definition) is 5. The van der Waals surface area contributed by atoms with Gasteiger partial charge in [-0.1, -0.05) is 0 Å². The third-order valence-corrected chi connectivity index (χ3v) is 5.38. The zero-order chi connectivity index (χ0) is 19.1. The molecule has 7 nitrogen and oxygen atoms in total. The van der Waals surface area contributed by atoms with Crippen molar-refractivity contribution < 1.29 is 24.3 Å². The minimum absolute atomic E-state index is 0.0592. The summed E-state index contributed by atoms with van der Waals surface area (Å²) < 4.78 is 0. The first-order valence-electron chi connectivity index (χ1n) is 9.21. The van der Waals surface area contributed by atoms with Gasteiger partial charge >= 0.3 is 5.97 Å². The number of nitrogens with zero attached hydrogens (tertiary/aromatic N) is 2. The molecule has 7 heteroatoms. The van der Waals surface area contributed by atoms with E-state index in [4.69, 9.17) is 0 Å². The number of imide groups is 3. The summed E-state index contributed by atoms with van der Waals surface area (Å²) in [5.74, 6) is -3.79. The summed E-state index contributed by atoms with van der Waals surface area (Å²) in [5.41, 5.74) is 3.63. The molecule has 3 heterocycles. The van der Waals surface area contributed by atoms with Gasteiger partial charge in [0.05, 0.1) is 0 Å². The first-order chi connectivity index (χ1) is 13.0. The van der Waals surface area contributed by atoms with Crippen LogP contribution in [0.25, 0.3) is 6.08 Å². The van der Waals surface area contributed by atoms with Gasteiger partial charge in [-0.2, -0.15) is 0 Å². The van der Waals surface area contributed by atoms with Crippen LogP contribution >= 0.6 is 0 Å². The predicted octanol–water partition coefficient (Wildman–Crippen LogP) is 1.53. The zero-order valence-electron chi connectivity index (χ0n) is 14.9. The molecule has 1 N–H and O–H groups in total. The third kappa shape index (κ3) is 3.03. The van der Waals surface area contributed by atoms with E-state index in [1.165, 1.54) is 11.8 Å². The molecular formula is C20H20N2O5. The lowest BCUT2D eigenvalue weighted by atomic mass is 9.89. The van der Waals surface area contributed by atoms with Crippen LogP contribution in [-0.4, -0.2) is 46.8 Å². The highest BCUT2D eigenvalue weighted by Crippen LogP contribution is 2.36. The molecule has 0 saturated carbocycles. The quantitative estimate of drug-likeness (QED) is 0.376. The van der Waals surface area contributed by atoms with E-state index in [9.17, 15) is 24.3 Å². The van der Waals surface area contributed by atoms with Crippen molar-refractivity contribution in [3.05, 3.63) is 34.4 Å². The smallest absolute Gasteiger partial charge is 0.341 e. The maximum atomic E-state index is 12.5. The molecule has 1 saturated heterocycles. The number of hydrogen-bond donors (Lipinski definition) is 1. The molecule has 0 aromatic heterocycles. The molecule has 0 radical (unpaired) electrons. The Balaban J connectivity index is 1.74. The molecule has 27 heavy (non-hydrogen) atoms. The molecule has 0 aliphatic carbocycles. The summed E-state index contributed by atoms with van der Waals surface area (Å²) in [4.78, 5) is 50.7. The minimum Gasteiger partial charge on any atom is -0.477 e. The van der Waals surface area contributed by atoms with E-state index in [1.54, 1.807) is 0 Å². The van der Waals surface area contributed by atoms with Crippen molar-refractivity contribution in [3.63, 3.8) is 0 Å². The van der Waals surface area contributed by atoms with Crippen LogP contribution in [0.3, 0.4) is 0 Å². The van der Waals surface area contributed by atoms with Gasteiger partial charge in [0.1, 0.15) is 5.57 Å². The number of aliphatic carboxylic acids is 1. The second kappa shape index (κ2) is 6.64. The highest BCUT2D eigenvalue weighted by Gasteiger charge is 2.38. The maximum absolute atomic E-state index is 12.5. The second-order valence-corrected chi connectivity index (χ2v) is 7.17. The van der Waals surface area contributed by atoms with Crippen LogP contribution in [0.4, 0.5) is 5.69 Å². The topological polar surface area (TPSA) is 95.0 Å². The van der Waals surface area contributed by atoms with Crippen LogP contribution in [0.5, 0.6) is 0 Å². The Kier molecular flexibility index (Phi) is 4.30. The van der Waals surface area contributed by atoms with Gasteiger partial charge in [0, 0.05) is 31.6 Å². The molecular weight excluding hydrogens is 348 g/mol. The molecule has 1 aromatic rings. The molecule has 1 fully saturated rings. The summed E-state index contributed by atoms with van der Waals surface area (Å²) in [6, 6.07) is 3.83. The van der Waals surface area contributed by atoms with Crippen LogP contribution in [0.1, 0.15) is 42.4 Å². The third-order valence-electron chi connectivity index (χ3n) is 5.38. The first kappa shape index (κ1) is 17.5. The zero-order valence-corrected chi connectivity index (χ0v) is 14.9. The summed E-state index contributed by atoms with van der Waals surface area (Å²) >= 11 is 0. The Bertz CT molecular complexity index is 855. The number of carbonyl (C=O) groups excluding carboxylic acids is 3. The number of amides is 3. The summed E-state index contributed by atoms with van der Waals surface area (Å²) in [5, 5.41) is 9.51. The minimum atomic E-state index is -1.44. The Morgan fingerprint density at radius 3 is 2.00 bits per heavy atom. The molecule has 0 spiro atoms. The summed E-state index contributed by atoms with van der Waals surface area (Å²) in [6.45, 7) is 2.07. The normalized spacial score (nSPS) is 19.3. The standard InChI is InChI=1S/C20H20N2O5/c23-16-5-6-17(24)22(16)19(25)15(20(26)27)11-12-9-13-3-1-7-21-8-2-4-14(10-12)18(13)21/h9-11H,1-8H2,(H,26,27)/b15-11-. The Hall–Kier alpha value is -2.96. The van der Waals surface area contributed by atoms with Crippen molar-refractivity contribution >= 4 is 35.5 Å². The largest absolute Gasteiger partial charge is 0.477 e. The average Bonchev–Trinajstić information content (AvgIpc) is 2.98. The molecule has 140 valence electrons. The van der Waals surface area contributed by atoms with E-state index in [0.29, 0.717) is 10.5 Å². The number of likely N-dealkylation sites (tertiary alicyclic amines) is 1. The van der Waals surface area contributed by atoms with E-state index in [0.717, 1.165) is 49.9 Å². The van der Waals surface area contributed by atoms with Gasteiger partial charge in [-0.05, 0) is 60.6 Å². The van der Waals surface area contributed by atoms with E-state index in [2.05, 4.69) is 4.90 Å². The van der Waals surface area contributed by atoms with Crippen LogP contribution in [-0.2, 0) is 32.0 Å². The van der Waals surface area contributed by atoms with Crippen molar-refractivity contribution in [1.29, 1.82) is 0 Å². The molecule has 1 aromatic carbocycles. The Morgan fingerprint density at radius 2 is 1.48 bits per heavy atom. The van der Waals surface area contributed by atoms with Crippen molar-refractivity contribution in [3.8, 4) is 0 Å². The van der Waals surface area contributed by atoms with Crippen molar-refractivity contribution in [2.45, 2.75) is 38.5 Å². The summed E-state index contributed by atoms with van der Waals surface area (Å²) in [6.07, 6.45) is 5.09. The first-order valence-corrected chi connectivity index (χ1v) is 9.21. The van der Waals surface area contributed by atoms with Crippen LogP contribution in [0.2, 0.25) is 0 Å². The molecule has 3 aliphatic rings. The number of anilines is 1. The molecule has 0 unspecified atom stereocenters. The highest BCUT2D eigenvalue weighted by molar-refractivity contribution is 6.28. The van der Waals surface area contributed by atoms with Gasteiger partial charge in [-0.15, -0.1) is 0 Å². The Morgan fingerprint density at radius 1 is 0.926 bits per heavy atom. The fourth-order valence-electron chi connectivity index (χ4n) is 4.22. The van der Waals surface area contributed by atoms with Gasteiger partial charge in [-0.3, -0.25) is 14.4 Å². The number of benzene rings is 1. The van der Waals surface area contributed by atoms with E-state index in [1.807, 2.05) is 12.1 Å². The lowest BCUT2D eigenvalue weighted by molar-refractivity contribution is -0.148. The average molecular weight is 368 g/mol. The number of carbonyl (C=O) groups is 4. The van der Waals surface area contributed by atoms with Crippen LogP contribution < -0.4 is 4.90 Å². The Labute approximate surface area is 156 Å². The number of carboxylic acid groups (broad SMARTS) is 1. The van der Waals surface area contributed by atoms with Gasteiger partial charge < -0.3 is 10.0 Å². The number of rotatable bonds is 3. The predicted molar refractivity (Wildman–Crippen MR) is 97.0 cm³/mol. The van der Waals surface area contributed by atoms with Crippen LogP contribution in [0.15, 0.2) is 17.7 Å². The number of aryl methyl sites for hydroxylation is 2. The molecule has 3 amide bonds. The molecule has 0 bridgehead atoms. The maximum Gasteiger partial charge on any atom is 0.341 e. The van der Waals surface area contributed by atoms with E-state index >= 15 is 0 Å². The lowest BCUT2D eigenvalue weighted by Gasteiger charge is -2.37. The van der Waals surface area contributed by atoms with E-state index in [-0.39, 0.29) is 12.8 Å². The van der Waals surface area contributed by atoms with Gasteiger partial charge in [0.15, 0.2) is 0 Å². The highest BCUT2D eigenvalue weighted by atomic mass is 16.4. The van der Waals surface area contributed by atoms with Crippen LogP contribution in [0, 0.1) is 0 Å². The molecule has 4 rings (SSSR count). The molecule has 0 atom stereocenters. The van der Waals surface area contributed by atoms with Crippen molar-refractivity contribution in [1.82, 2.24) is 4.90 Å². The van der Waals surface area contributed by atoms with Gasteiger partial charge in [0.25, 0.3) is 5.91 Å². The number of carboxylic acids is 1.